The summed E-state index contributed by atoms with van der Waals surface area (Å²) >= 11 is 3.30. The van der Waals surface area contributed by atoms with Crippen LogP contribution in [0.1, 0.15) is 60.1 Å². The van der Waals surface area contributed by atoms with Crippen molar-refractivity contribution in [3.8, 4) is 0 Å². The van der Waals surface area contributed by atoms with E-state index in [1.54, 1.807) is 0 Å². The minimum absolute atomic E-state index is 0.126. The molecule has 0 saturated heterocycles. The molecule has 1 aromatic carbocycles. The molecule has 1 aliphatic rings. The van der Waals surface area contributed by atoms with Crippen LogP contribution in [0.4, 0.5) is 4.39 Å². The fourth-order valence-electron chi connectivity index (χ4n) is 3.21. The molecule has 2 unspecified atom stereocenters. The number of hydrogen-bond acceptors (Lipinski definition) is 2. The normalized spacial score (nSPS) is 21.3. The van der Waals surface area contributed by atoms with Crippen LogP contribution in [0, 0.1) is 5.82 Å². The number of benzene rings is 1. The van der Waals surface area contributed by atoms with E-state index in [-0.39, 0.29) is 17.4 Å². The van der Waals surface area contributed by atoms with Crippen molar-refractivity contribution in [3.63, 3.8) is 0 Å². The molecule has 0 spiro atoms. The molecule has 0 bridgehead atoms. The number of hydrogen-bond donors (Lipinski definition) is 1. The molecule has 1 aromatic heterocycles. The zero-order chi connectivity index (χ0) is 15.3. The van der Waals surface area contributed by atoms with Crippen molar-refractivity contribution < 1.29 is 14.3 Å². The lowest BCUT2D eigenvalue weighted by Gasteiger charge is -2.29. The smallest absolute Gasteiger partial charge is 0.336 e. The number of aromatic carboxylic acids is 1. The number of fused-ring (bicyclic) bond motifs is 2. The molecule has 110 valence electrons. The Labute approximate surface area is 130 Å². The third-order valence-corrected chi connectivity index (χ3v) is 4.89. The zero-order valence-electron chi connectivity index (χ0n) is 11.8. The van der Waals surface area contributed by atoms with Crippen molar-refractivity contribution in [2.45, 2.75) is 38.5 Å². The molecular formula is C16H15BrFNO2. The maximum Gasteiger partial charge on any atom is 0.336 e. The second-order valence-electron chi connectivity index (χ2n) is 5.75. The first-order valence-corrected chi connectivity index (χ1v) is 7.75. The van der Waals surface area contributed by atoms with Crippen LogP contribution < -0.4 is 0 Å². The quantitative estimate of drug-likeness (QED) is 0.799. The standard InChI is InChI=1S/C16H15BrFNO2/c1-7-3-4-8(2)14-12(7)13(16(20)21)10-5-9(18)6-11(17)15(10)19-14/h5-8H,3-4H2,1-2H3,(H,20,21). The van der Waals surface area contributed by atoms with Crippen LogP contribution in [0.3, 0.4) is 0 Å². The maximum absolute atomic E-state index is 13.7. The molecule has 3 rings (SSSR count). The van der Waals surface area contributed by atoms with Crippen molar-refractivity contribution in [1.29, 1.82) is 0 Å². The summed E-state index contributed by atoms with van der Waals surface area (Å²) in [4.78, 5) is 16.5. The van der Waals surface area contributed by atoms with E-state index in [0.29, 0.717) is 15.4 Å². The molecule has 3 nitrogen and oxygen atoms in total. The SMILES string of the molecule is CC1CCC(C)c2c1nc1c(Br)cc(F)cc1c2C(=O)O. The molecule has 21 heavy (non-hydrogen) atoms. The van der Waals surface area contributed by atoms with Crippen LogP contribution in [0.25, 0.3) is 10.9 Å². The highest BCUT2D eigenvalue weighted by Gasteiger charge is 2.30. The van der Waals surface area contributed by atoms with Crippen LogP contribution in [0.2, 0.25) is 0 Å². The van der Waals surface area contributed by atoms with E-state index in [1.807, 2.05) is 6.92 Å². The molecule has 1 aliphatic carbocycles. The highest BCUT2D eigenvalue weighted by atomic mass is 79.9. The van der Waals surface area contributed by atoms with Gasteiger partial charge in [-0.25, -0.2) is 9.18 Å². The fraction of sp³-hybridized carbons (Fsp3) is 0.375. The molecule has 0 radical (unpaired) electrons. The van der Waals surface area contributed by atoms with E-state index in [1.165, 1.54) is 12.1 Å². The monoisotopic (exact) mass is 351 g/mol. The predicted octanol–water partition coefficient (Wildman–Crippen LogP) is 4.84. The number of rotatable bonds is 1. The van der Waals surface area contributed by atoms with Gasteiger partial charge in [0.2, 0.25) is 0 Å². The summed E-state index contributed by atoms with van der Waals surface area (Å²) in [6, 6.07) is 2.59. The van der Waals surface area contributed by atoms with Gasteiger partial charge in [-0.15, -0.1) is 0 Å². The van der Waals surface area contributed by atoms with Crippen molar-refractivity contribution in [1.82, 2.24) is 4.98 Å². The van der Waals surface area contributed by atoms with Gasteiger partial charge in [0.15, 0.2) is 0 Å². The van der Waals surface area contributed by atoms with Crippen LogP contribution in [-0.2, 0) is 0 Å². The van der Waals surface area contributed by atoms with Crippen molar-refractivity contribution in [3.05, 3.63) is 39.2 Å². The lowest BCUT2D eigenvalue weighted by atomic mass is 9.78. The Bertz CT molecular complexity index is 760. The van der Waals surface area contributed by atoms with Crippen molar-refractivity contribution in [2.75, 3.05) is 0 Å². The van der Waals surface area contributed by atoms with Gasteiger partial charge in [0.05, 0.1) is 11.1 Å². The first kappa shape index (κ1) is 14.4. The van der Waals surface area contributed by atoms with Crippen LogP contribution in [-0.4, -0.2) is 16.1 Å². The summed E-state index contributed by atoms with van der Waals surface area (Å²) in [6.45, 7) is 4.08. The summed E-state index contributed by atoms with van der Waals surface area (Å²) < 4.78 is 14.2. The van der Waals surface area contributed by atoms with E-state index in [4.69, 9.17) is 0 Å². The molecule has 0 fully saturated rings. The Balaban J connectivity index is 2.50. The highest BCUT2D eigenvalue weighted by Crippen LogP contribution is 2.42. The number of carboxylic acid groups (broad SMARTS) is 1. The first-order valence-electron chi connectivity index (χ1n) is 6.96. The van der Waals surface area contributed by atoms with Crippen LogP contribution >= 0.6 is 15.9 Å². The van der Waals surface area contributed by atoms with Gasteiger partial charge < -0.3 is 5.11 Å². The van der Waals surface area contributed by atoms with Gasteiger partial charge in [0.1, 0.15) is 5.82 Å². The number of carboxylic acids is 1. The van der Waals surface area contributed by atoms with E-state index in [0.717, 1.165) is 24.1 Å². The number of nitrogens with zero attached hydrogens (tertiary/aromatic N) is 1. The fourth-order valence-corrected chi connectivity index (χ4v) is 3.73. The summed E-state index contributed by atoms with van der Waals surface area (Å²) in [5, 5.41) is 10.0. The van der Waals surface area contributed by atoms with Gasteiger partial charge in [-0.3, -0.25) is 4.98 Å². The van der Waals surface area contributed by atoms with Gasteiger partial charge in [-0.05, 0) is 58.3 Å². The second kappa shape index (κ2) is 5.05. The molecule has 2 atom stereocenters. The molecule has 0 aliphatic heterocycles. The summed E-state index contributed by atoms with van der Waals surface area (Å²) in [5.74, 6) is -1.14. The number of pyridine rings is 1. The van der Waals surface area contributed by atoms with E-state index >= 15 is 0 Å². The Morgan fingerprint density at radius 2 is 2.00 bits per heavy atom. The highest BCUT2D eigenvalue weighted by molar-refractivity contribution is 9.10. The molecule has 0 saturated carbocycles. The van der Waals surface area contributed by atoms with Crippen molar-refractivity contribution in [2.24, 2.45) is 0 Å². The molecule has 1 heterocycles. The molecular weight excluding hydrogens is 337 g/mol. The molecule has 0 amide bonds. The Morgan fingerprint density at radius 1 is 1.33 bits per heavy atom. The Hall–Kier alpha value is -1.49. The van der Waals surface area contributed by atoms with Crippen molar-refractivity contribution >= 4 is 32.8 Å². The van der Waals surface area contributed by atoms with E-state index < -0.39 is 11.8 Å². The molecule has 2 aromatic rings. The van der Waals surface area contributed by atoms with Gasteiger partial charge in [0.25, 0.3) is 0 Å². The van der Waals surface area contributed by atoms with Gasteiger partial charge in [-0.1, -0.05) is 13.8 Å². The second-order valence-corrected chi connectivity index (χ2v) is 6.61. The lowest BCUT2D eigenvalue weighted by Crippen LogP contribution is -2.18. The number of halogens is 2. The largest absolute Gasteiger partial charge is 0.478 e. The predicted molar refractivity (Wildman–Crippen MR) is 82.4 cm³/mol. The van der Waals surface area contributed by atoms with Crippen LogP contribution in [0.5, 0.6) is 0 Å². The summed E-state index contributed by atoms with van der Waals surface area (Å²) in [5.41, 5.74) is 2.33. The minimum atomic E-state index is -1.02. The van der Waals surface area contributed by atoms with E-state index in [2.05, 4.69) is 27.8 Å². The van der Waals surface area contributed by atoms with Gasteiger partial charge in [-0.2, -0.15) is 0 Å². The average Bonchev–Trinajstić information content (AvgIpc) is 2.41. The number of aromatic nitrogens is 1. The Kier molecular flexibility index (Phi) is 3.48. The molecule has 1 N–H and O–H groups in total. The summed E-state index contributed by atoms with van der Waals surface area (Å²) in [6.07, 6.45) is 1.92. The third kappa shape index (κ3) is 2.24. The maximum atomic E-state index is 13.7. The Morgan fingerprint density at radius 3 is 2.67 bits per heavy atom. The van der Waals surface area contributed by atoms with Crippen LogP contribution in [0.15, 0.2) is 16.6 Å². The lowest BCUT2D eigenvalue weighted by molar-refractivity contribution is 0.0696. The zero-order valence-corrected chi connectivity index (χ0v) is 13.4. The molecule has 5 heteroatoms. The summed E-state index contributed by atoms with van der Waals surface area (Å²) in [7, 11) is 0. The van der Waals surface area contributed by atoms with Gasteiger partial charge in [0, 0.05) is 15.6 Å². The first-order chi connectivity index (χ1) is 9.90. The third-order valence-electron chi connectivity index (χ3n) is 4.28. The van der Waals surface area contributed by atoms with E-state index in [9.17, 15) is 14.3 Å². The number of carbonyl (C=O) groups is 1. The average molecular weight is 352 g/mol. The minimum Gasteiger partial charge on any atom is -0.478 e. The van der Waals surface area contributed by atoms with Gasteiger partial charge >= 0.3 is 5.97 Å². The topological polar surface area (TPSA) is 50.2 Å².